The first-order chi connectivity index (χ1) is 7.69. The van der Waals surface area contributed by atoms with Crippen LogP contribution in [0.2, 0.25) is 0 Å². The van der Waals surface area contributed by atoms with Gasteiger partial charge < -0.3 is 4.98 Å². The SMILES string of the molecule is CSCc1nc(-c2cnn(C)c2)cc(=O)[nH]1. The lowest BCUT2D eigenvalue weighted by Crippen LogP contribution is -2.10. The van der Waals surface area contributed by atoms with Crippen LogP contribution in [0.15, 0.2) is 23.3 Å². The van der Waals surface area contributed by atoms with Crippen LogP contribution >= 0.6 is 11.8 Å². The summed E-state index contributed by atoms with van der Waals surface area (Å²) in [6, 6.07) is 1.49. The molecule has 5 nitrogen and oxygen atoms in total. The molecular formula is C10H12N4OS. The second-order valence-electron chi connectivity index (χ2n) is 3.41. The van der Waals surface area contributed by atoms with Crippen LogP contribution in [-0.2, 0) is 12.8 Å². The molecule has 16 heavy (non-hydrogen) atoms. The third kappa shape index (κ3) is 2.33. The third-order valence-electron chi connectivity index (χ3n) is 2.07. The lowest BCUT2D eigenvalue weighted by atomic mass is 10.2. The summed E-state index contributed by atoms with van der Waals surface area (Å²) in [5, 5.41) is 4.06. The van der Waals surface area contributed by atoms with Crippen LogP contribution < -0.4 is 5.56 Å². The summed E-state index contributed by atoms with van der Waals surface area (Å²) in [4.78, 5) is 18.5. The van der Waals surface area contributed by atoms with Crippen molar-refractivity contribution < 1.29 is 0 Å². The number of aryl methyl sites for hydroxylation is 1. The predicted molar refractivity (Wildman–Crippen MR) is 64.3 cm³/mol. The van der Waals surface area contributed by atoms with E-state index in [9.17, 15) is 4.79 Å². The molecule has 2 aromatic heterocycles. The Morgan fingerprint density at radius 2 is 2.38 bits per heavy atom. The molecule has 0 fully saturated rings. The van der Waals surface area contributed by atoms with Crippen molar-refractivity contribution in [1.82, 2.24) is 19.7 Å². The summed E-state index contributed by atoms with van der Waals surface area (Å²) in [7, 11) is 1.83. The number of aromatic amines is 1. The molecule has 0 amide bonds. The van der Waals surface area contributed by atoms with Crippen LogP contribution in [0, 0.1) is 0 Å². The van der Waals surface area contributed by atoms with E-state index < -0.39 is 0 Å². The van der Waals surface area contributed by atoms with Crippen molar-refractivity contribution in [1.29, 1.82) is 0 Å². The molecule has 0 aromatic carbocycles. The van der Waals surface area contributed by atoms with E-state index >= 15 is 0 Å². The Kier molecular flexibility index (Phi) is 3.09. The van der Waals surface area contributed by atoms with Crippen LogP contribution in [-0.4, -0.2) is 26.0 Å². The fraction of sp³-hybridized carbons (Fsp3) is 0.300. The molecule has 0 unspecified atom stereocenters. The highest BCUT2D eigenvalue weighted by atomic mass is 32.2. The van der Waals surface area contributed by atoms with Gasteiger partial charge in [-0.1, -0.05) is 0 Å². The van der Waals surface area contributed by atoms with E-state index in [1.54, 1.807) is 22.6 Å². The predicted octanol–water partition coefficient (Wildman–Crippen LogP) is 1.03. The normalized spacial score (nSPS) is 10.6. The summed E-state index contributed by atoms with van der Waals surface area (Å²) >= 11 is 1.62. The number of hydrogen-bond acceptors (Lipinski definition) is 4. The van der Waals surface area contributed by atoms with Gasteiger partial charge in [-0.25, -0.2) is 4.98 Å². The van der Waals surface area contributed by atoms with E-state index in [0.717, 1.165) is 5.56 Å². The number of aromatic nitrogens is 4. The molecule has 0 aliphatic carbocycles. The van der Waals surface area contributed by atoms with Gasteiger partial charge in [-0.2, -0.15) is 16.9 Å². The zero-order valence-corrected chi connectivity index (χ0v) is 9.91. The van der Waals surface area contributed by atoms with Crippen molar-refractivity contribution in [2.75, 3.05) is 6.26 Å². The van der Waals surface area contributed by atoms with Crippen molar-refractivity contribution in [3.8, 4) is 11.3 Å². The van der Waals surface area contributed by atoms with Gasteiger partial charge in [-0.3, -0.25) is 9.48 Å². The Bertz CT molecular complexity index is 546. The van der Waals surface area contributed by atoms with Crippen LogP contribution in [0.5, 0.6) is 0 Å². The Morgan fingerprint density at radius 1 is 1.56 bits per heavy atom. The minimum Gasteiger partial charge on any atom is -0.310 e. The van der Waals surface area contributed by atoms with Crippen LogP contribution in [0.4, 0.5) is 0 Å². The molecule has 0 aliphatic heterocycles. The topological polar surface area (TPSA) is 63.6 Å². The molecule has 1 N–H and O–H groups in total. The standard InChI is InChI=1S/C10H12N4OS/c1-14-5-7(4-11-14)8-3-10(15)13-9(12-8)6-16-2/h3-5H,6H2,1-2H3,(H,12,13,15). The van der Waals surface area contributed by atoms with Crippen LogP contribution in [0.1, 0.15) is 5.82 Å². The maximum absolute atomic E-state index is 11.4. The molecule has 0 bridgehead atoms. The van der Waals surface area contributed by atoms with E-state index in [4.69, 9.17) is 0 Å². The fourth-order valence-corrected chi connectivity index (χ4v) is 1.82. The van der Waals surface area contributed by atoms with E-state index in [1.165, 1.54) is 6.07 Å². The van der Waals surface area contributed by atoms with E-state index in [-0.39, 0.29) is 5.56 Å². The zero-order chi connectivity index (χ0) is 11.5. The Hall–Kier alpha value is -1.56. The van der Waals surface area contributed by atoms with E-state index in [1.807, 2.05) is 19.5 Å². The monoisotopic (exact) mass is 236 g/mol. The summed E-state index contributed by atoms with van der Waals surface area (Å²) in [6.07, 6.45) is 5.51. The first kappa shape index (κ1) is 10.9. The summed E-state index contributed by atoms with van der Waals surface area (Å²) in [6.45, 7) is 0. The van der Waals surface area contributed by atoms with Gasteiger partial charge in [-0.05, 0) is 6.26 Å². The molecule has 0 aliphatic rings. The minimum absolute atomic E-state index is 0.127. The van der Waals surface area contributed by atoms with Crippen molar-refractivity contribution >= 4 is 11.8 Å². The highest BCUT2D eigenvalue weighted by Crippen LogP contribution is 2.14. The molecule has 6 heteroatoms. The molecule has 0 saturated carbocycles. The van der Waals surface area contributed by atoms with Crippen LogP contribution in [0.25, 0.3) is 11.3 Å². The number of thioether (sulfide) groups is 1. The first-order valence-corrected chi connectivity index (χ1v) is 6.16. The highest BCUT2D eigenvalue weighted by molar-refractivity contribution is 7.97. The Balaban J connectivity index is 2.44. The number of nitrogens with one attached hydrogen (secondary N) is 1. The van der Waals surface area contributed by atoms with Gasteiger partial charge in [0, 0.05) is 24.9 Å². The van der Waals surface area contributed by atoms with Gasteiger partial charge in [0.25, 0.3) is 5.56 Å². The first-order valence-electron chi connectivity index (χ1n) is 4.77. The molecule has 0 radical (unpaired) electrons. The van der Waals surface area contributed by atoms with Gasteiger partial charge in [0.2, 0.25) is 0 Å². The van der Waals surface area contributed by atoms with Gasteiger partial charge in [-0.15, -0.1) is 0 Å². The second kappa shape index (κ2) is 4.52. The lowest BCUT2D eigenvalue weighted by molar-refractivity contribution is 0.768. The number of rotatable bonds is 3. The molecule has 2 rings (SSSR count). The molecule has 2 aromatic rings. The largest absolute Gasteiger partial charge is 0.310 e. The van der Waals surface area contributed by atoms with Crippen molar-refractivity contribution in [2.24, 2.45) is 7.05 Å². The van der Waals surface area contributed by atoms with Crippen molar-refractivity contribution in [3.63, 3.8) is 0 Å². The van der Waals surface area contributed by atoms with Crippen molar-refractivity contribution in [3.05, 3.63) is 34.6 Å². The highest BCUT2D eigenvalue weighted by Gasteiger charge is 2.05. The van der Waals surface area contributed by atoms with Gasteiger partial charge in [0.15, 0.2) is 0 Å². The molecule has 0 spiro atoms. The molecule has 84 valence electrons. The summed E-state index contributed by atoms with van der Waals surface area (Å²) in [5.41, 5.74) is 1.40. The lowest BCUT2D eigenvalue weighted by Gasteiger charge is -2.00. The molecule has 0 atom stereocenters. The second-order valence-corrected chi connectivity index (χ2v) is 4.28. The maximum Gasteiger partial charge on any atom is 0.251 e. The van der Waals surface area contributed by atoms with Crippen molar-refractivity contribution in [2.45, 2.75) is 5.75 Å². The molecular weight excluding hydrogens is 224 g/mol. The number of hydrogen-bond donors (Lipinski definition) is 1. The molecule has 0 saturated heterocycles. The summed E-state index contributed by atoms with van der Waals surface area (Å²) < 4.78 is 1.69. The maximum atomic E-state index is 11.4. The average Bonchev–Trinajstić information content (AvgIpc) is 2.64. The number of nitrogens with zero attached hydrogens (tertiary/aromatic N) is 3. The molecule has 2 heterocycles. The minimum atomic E-state index is -0.127. The van der Waals surface area contributed by atoms with E-state index in [2.05, 4.69) is 15.1 Å². The van der Waals surface area contributed by atoms with Gasteiger partial charge in [0.1, 0.15) is 5.82 Å². The quantitative estimate of drug-likeness (QED) is 0.864. The Morgan fingerprint density at radius 3 is 3.00 bits per heavy atom. The number of H-pyrrole nitrogens is 1. The fourth-order valence-electron chi connectivity index (χ4n) is 1.41. The smallest absolute Gasteiger partial charge is 0.251 e. The zero-order valence-electron chi connectivity index (χ0n) is 9.10. The summed E-state index contributed by atoms with van der Waals surface area (Å²) in [5.74, 6) is 1.39. The van der Waals surface area contributed by atoms with E-state index in [0.29, 0.717) is 17.3 Å². The van der Waals surface area contributed by atoms with Gasteiger partial charge in [0.05, 0.1) is 17.6 Å². The van der Waals surface area contributed by atoms with Gasteiger partial charge >= 0.3 is 0 Å². The third-order valence-corrected chi connectivity index (χ3v) is 2.63. The average molecular weight is 236 g/mol. The van der Waals surface area contributed by atoms with Crippen LogP contribution in [0.3, 0.4) is 0 Å². The Labute approximate surface area is 96.9 Å².